The van der Waals surface area contributed by atoms with Crippen LogP contribution in [0.1, 0.15) is 53.3 Å². The Hall–Kier alpha value is -5.71. The summed E-state index contributed by atoms with van der Waals surface area (Å²) >= 11 is 0. The number of nitrogens with one attached hydrogen (secondary N) is 1. The summed E-state index contributed by atoms with van der Waals surface area (Å²) in [4.78, 5) is 39.1. The first-order valence-corrected chi connectivity index (χ1v) is 14.7. The lowest BCUT2D eigenvalue weighted by Crippen LogP contribution is -2.26. The molecule has 11 heteroatoms. The fourth-order valence-electron chi connectivity index (χ4n) is 5.96. The molecule has 1 fully saturated rings. The van der Waals surface area contributed by atoms with E-state index >= 15 is 0 Å². The Labute approximate surface area is 258 Å². The molecule has 4 aromatic heterocycles. The van der Waals surface area contributed by atoms with Crippen molar-refractivity contribution in [2.24, 2.45) is 5.92 Å². The van der Waals surface area contributed by atoms with Crippen LogP contribution >= 0.6 is 0 Å². The molecule has 1 saturated carbocycles. The fourth-order valence-corrected chi connectivity index (χ4v) is 5.96. The van der Waals surface area contributed by atoms with Gasteiger partial charge in [-0.25, -0.2) is 14.6 Å². The van der Waals surface area contributed by atoms with E-state index < -0.39 is 17.5 Å². The number of hydrogen-bond donors (Lipinski definition) is 1. The normalized spacial score (nSPS) is 14.9. The van der Waals surface area contributed by atoms with Gasteiger partial charge >= 0.3 is 0 Å². The van der Waals surface area contributed by atoms with Crippen LogP contribution in [0.4, 0.5) is 0 Å². The van der Waals surface area contributed by atoms with Crippen molar-refractivity contribution in [1.82, 2.24) is 34.9 Å². The summed E-state index contributed by atoms with van der Waals surface area (Å²) < 4.78 is 13.2. The molecule has 0 unspecified atom stereocenters. The van der Waals surface area contributed by atoms with Crippen molar-refractivity contribution in [1.29, 1.82) is 0 Å². The molecule has 1 aliphatic rings. The van der Waals surface area contributed by atoms with Gasteiger partial charge in [0.1, 0.15) is 17.9 Å². The van der Waals surface area contributed by atoms with Crippen molar-refractivity contribution in [3.05, 3.63) is 108 Å². The zero-order valence-electron chi connectivity index (χ0n) is 24.7. The van der Waals surface area contributed by atoms with E-state index in [1.165, 1.54) is 18.0 Å². The molecule has 0 aliphatic heterocycles. The maximum Gasteiger partial charge on any atom is 0.248 e. The number of Topliss-reactive ketones (excluding diaryl/α,β-unsaturated/α-hetero) is 2. The Morgan fingerprint density at radius 1 is 0.978 bits per heavy atom. The van der Waals surface area contributed by atoms with Gasteiger partial charge in [0.15, 0.2) is 5.82 Å². The number of methoxy groups -OCH3 is 1. The molecule has 2 aromatic carbocycles. The summed E-state index contributed by atoms with van der Waals surface area (Å²) in [6.07, 6.45) is 6.91. The van der Waals surface area contributed by atoms with Gasteiger partial charge in [-0.15, -0.1) is 10.2 Å². The van der Waals surface area contributed by atoms with Crippen LogP contribution in [0.3, 0.4) is 0 Å². The number of fused-ring (bicyclic) bond motifs is 1. The van der Waals surface area contributed by atoms with Gasteiger partial charge in [0, 0.05) is 23.3 Å². The Morgan fingerprint density at radius 2 is 1.71 bits per heavy atom. The van der Waals surface area contributed by atoms with Crippen molar-refractivity contribution >= 4 is 28.0 Å². The van der Waals surface area contributed by atoms with Crippen molar-refractivity contribution in [2.45, 2.75) is 32.6 Å². The lowest BCUT2D eigenvalue weighted by atomic mass is 9.79. The van der Waals surface area contributed by atoms with Crippen LogP contribution in [0.25, 0.3) is 33.7 Å². The number of nitrogens with zero attached hydrogens (tertiary/aromatic N) is 6. The quantitative estimate of drug-likeness (QED) is 0.166. The van der Waals surface area contributed by atoms with Gasteiger partial charge in [-0.3, -0.25) is 9.59 Å². The van der Waals surface area contributed by atoms with E-state index in [0.29, 0.717) is 65.8 Å². The van der Waals surface area contributed by atoms with Crippen LogP contribution in [-0.2, 0) is 4.79 Å². The molecule has 4 heterocycles. The monoisotopic (exact) mass is 599 g/mol. The number of allylic oxidation sites excluding steroid dienone is 1. The largest absolute Gasteiger partial charge is 0.494 e. The summed E-state index contributed by atoms with van der Waals surface area (Å²) in [6.45, 7) is 1.77. The molecule has 1 aliphatic carbocycles. The molecular formula is C34H29N7O4. The third kappa shape index (κ3) is 5.22. The number of hydrogen-bond acceptors (Lipinski definition) is 9. The number of benzene rings is 2. The lowest BCUT2D eigenvalue weighted by Gasteiger charge is -2.24. The number of rotatable bonds is 8. The minimum atomic E-state index is -0.559. The topological polar surface area (TPSA) is 142 Å². The van der Waals surface area contributed by atoms with E-state index in [2.05, 4.69) is 30.2 Å². The first-order valence-electron chi connectivity index (χ1n) is 14.7. The second-order valence-electron chi connectivity index (χ2n) is 10.9. The van der Waals surface area contributed by atoms with Crippen molar-refractivity contribution in [3.8, 4) is 23.0 Å². The molecule has 0 radical (unpaired) electrons. The van der Waals surface area contributed by atoms with Crippen molar-refractivity contribution < 1.29 is 18.7 Å². The van der Waals surface area contributed by atoms with Crippen molar-refractivity contribution in [2.75, 3.05) is 7.11 Å². The van der Waals surface area contributed by atoms with Gasteiger partial charge in [-0.05, 0) is 50.3 Å². The van der Waals surface area contributed by atoms with Crippen LogP contribution in [0.5, 0.6) is 5.75 Å². The predicted molar refractivity (Wildman–Crippen MR) is 166 cm³/mol. The summed E-state index contributed by atoms with van der Waals surface area (Å²) in [7, 11) is 1.50. The number of pyridine rings is 1. The highest BCUT2D eigenvalue weighted by molar-refractivity contribution is 6.46. The molecule has 224 valence electrons. The SMILES string of the molecule is COc1cnc(-n2cnc(C)n2)c2[nH]cc(C(=O)C(=O)C3CCC(=C(c4ccccc4)c4nnc(-c5ccccc5)o4)CC3)c12. The summed E-state index contributed by atoms with van der Waals surface area (Å²) in [5, 5.41) is 13.6. The Kier molecular flexibility index (Phi) is 7.34. The molecule has 0 bridgehead atoms. The van der Waals surface area contributed by atoms with E-state index in [-0.39, 0.29) is 5.56 Å². The Bertz CT molecular complexity index is 2050. The first kappa shape index (κ1) is 28.1. The molecule has 0 amide bonds. The van der Waals surface area contributed by atoms with Crippen LogP contribution < -0.4 is 4.74 Å². The smallest absolute Gasteiger partial charge is 0.248 e. The van der Waals surface area contributed by atoms with Gasteiger partial charge in [-0.2, -0.15) is 5.10 Å². The highest BCUT2D eigenvalue weighted by Crippen LogP contribution is 2.39. The van der Waals surface area contributed by atoms with E-state index in [1.807, 2.05) is 60.7 Å². The maximum absolute atomic E-state index is 13.7. The van der Waals surface area contributed by atoms with Gasteiger partial charge < -0.3 is 14.1 Å². The molecule has 0 saturated heterocycles. The number of ketones is 2. The number of carbonyl (C=O) groups is 2. The summed E-state index contributed by atoms with van der Waals surface area (Å²) in [5.74, 6) is 0.907. The van der Waals surface area contributed by atoms with Gasteiger partial charge in [0.2, 0.25) is 23.3 Å². The predicted octanol–water partition coefficient (Wildman–Crippen LogP) is 5.95. The van der Waals surface area contributed by atoms with Gasteiger partial charge in [0.25, 0.3) is 0 Å². The highest BCUT2D eigenvalue weighted by Gasteiger charge is 2.33. The number of ether oxygens (including phenoxy) is 1. The van der Waals surface area contributed by atoms with E-state index in [0.717, 1.165) is 22.3 Å². The molecule has 0 spiro atoms. The van der Waals surface area contributed by atoms with E-state index in [4.69, 9.17) is 9.15 Å². The maximum atomic E-state index is 13.7. The summed E-state index contributed by atoms with van der Waals surface area (Å²) in [6, 6.07) is 19.6. The first-order chi connectivity index (χ1) is 22.0. The molecule has 11 nitrogen and oxygen atoms in total. The zero-order chi connectivity index (χ0) is 30.9. The molecular weight excluding hydrogens is 570 g/mol. The zero-order valence-corrected chi connectivity index (χ0v) is 24.7. The summed E-state index contributed by atoms with van der Waals surface area (Å²) in [5.41, 5.74) is 4.59. The van der Waals surface area contributed by atoms with Gasteiger partial charge in [-0.1, -0.05) is 54.1 Å². The Balaban J connectivity index is 1.16. The molecule has 7 rings (SSSR count). The molecule has 45 heavy (non-hydrogen) atoms. The van der Waals surface area contributed by atoms with Crippen LogP contribution in [-0.4, -0.2) is 53.6 Å². The minimum absolute atomic E-state index is 0.248. The third-order valence-corrected chi connectivity index (χ3v) is 8.20. The number of aryl methyl sites for hydroxylation is 1. The van der Waals surface area contributed by atoms with Gasteiger partial charge in [0.05, 0.1) is 29.8 Å². The molecule has 1 N–H and O–H groups in total. The number of carbonyl (C=O) groups excluding carboxylic acids is 2. The van der Waals surface area contributed by atoms with E-state index in [1.54, 1.807) is 19.4 Å². The lowest BCUT2D eigenvalue weighted by molar-refractivity contribution is -0.119. The van der Waals surface area contributed by atoms with E-state index in [9.17, 15) is 9.59 Å². The number of aromatic amines is 1. The van der Waals surface area contributed by atoms with Crippen LogP contribution in [0.2, 0.25) is 0 Å². The van der Waals surface area contributed by atoms with Crippen LogP contribution in [0.15, 0.2) is 89.4 Å². The average molecular weight is 600 g/mol. The average Bonchev–Trinajstić information content (AvgIpc) is 3.86. The minimum Gasteiger partial charge on any atom is -0.494 e. The van der Waals surface area contributed by atoms with Crippen molar-refractivity contribution in [3.63, 3.8) is 0 Å². The highest BCUT2D eigenvalue weighted by atomic mass is 16.5. The fraction of sp³-hybridized carbons (Fsp3) is 0.206. The Morgan fingerprint density at radius 3 is 2.40 bits per heavy atom. The third-order valence-electron chi connectivity index (χ3n) is 8.20. The molecule has 6 aromatic rings. The second kappa shape index (κ2) is 11.8. The van der Waals surface area contributed by atoms with Crippen LogP contribution in [0, 0.1) is 12.8 Å². The standard InChI is InChI=1S/C34H29N7O4/c1-20-37-19-41(40-20)32-29-28(26(44-2)18-36-32)25(17-35-29)31(43)30(42)23-15-13-22(14-16-23)27(21-9-5-3-6-10-21)34-39-38-33(45-34)24-11-7-4-8-12-24/h3-12,17-19,23,35H,13-16H2,1-2H3. The second-order valence-corrected chi connectivity index (χ2v) is 10.9. The molecule has 0 atom stereocenters. The number of aromatic nitrogens is 7. The number of H-pyrrole nitrogens is 1.